The van der Waals surface area contributed by atoms with Gasteiger partial charge < -0.3 is 4.74 Å². The second-order valence-electron chi connectivity index (χ2n) is 10.3. The summed E-state index contributed by atoms with van der Waals surface area (Å²) in [5.41, 5.74) is 7.84. The van der Waals surface area contributed by atoms with E-state index in [2.05, 4.69) is 137 Å². The molecule has 0 fully saturated rings. The molecule has 1 heteroatoms. The van der Waals surface area contributed by atoms with Crippen molar-refractivity contribution in [2.75, 3.05) is 7.11 Å². The molecule has 0 atom stereocenters. The zero-order valence-corrected chi connectivity index (χ0v) is 29.1. The second kappa shape index (κ2) is 26.5. The largest absolute Gasteiger partial charge is 0.497 e. The molecule has 1 nitrogen and oxygen atoms in total. The SMILES string of the molecule is CC.CCC.COc1ccc(Cc2ccccc2)cc1.Cc1ccccc1.Cc1ccccc1.c1ccc(-c2ccccc2)cc1. The molecule has 0 N–H and O–H groups in total. The van der Waals surface area contributed by atoms with E-state index in [0.29, 0.717) is 0 Å². The van der Waals surface area contributed by atoms with E-state index in [-0.39, 0.29) is 0 Å². The normalized spacial score (nSPS) is 8.93. The van der Waals surface area contributed by atoms with Crippen LogP contribution in [0.4, 0.5) is 0 Å². The van der Waals surface area contributed by atoms with Crippen LogP contribution in [-0.2, 0) is 6.42 Å². The van der Waals surface area contributed by atoms with Gasteiger partial charge in [-0.3, -0.25) is 0 Å². The van der Waals surface area contributed by atoms with Crippen LogP contribution in [0.25, 0.3) is 11.1 Å². The van der Waals surface area contributed by atoms with Gasteiger partial charge in [0.15, 0.2) is 0 Å². The van der Waals surface area contributed by atoms with E-state index in [1.165, 1.54) is 39.8 Å². The van der Waals surface area contributed by atoms with Crippen molar-refractivity contribution >= 4 is 0 Å². The van der Waals surface area contributed by atoms with Crippen molar-refractivity contribution in [1.29, 1.82) is 0 Å². The van der Waals surface area contributed by atoms with Gasteiger partial charge in [-0.1, -0.05) is 209 Å². The van der Waals surface area contributed by atoms with Gasteiger partial charge in [0, 0.05) is 0 Å². The molecule has 0 aromatic heterocycles. The molecule has 6 rings (SSSR count). The molecular formula is C45H54O. The molecule has 240 valence electrons. The highest BCUT2D eigenvalue weighted by Gasteiger charge is 1.96. The molecule has 0 bridgehead atoms. The number of rotatable bonds is 4. The Hall–Kier alpha value is -4.88. The van der Waals surface area contributed by atoms with Gasteiger partial charge in [0.25, 0.3) is 0 Å². The third kappa shape index (κ3) is 18.7. The molecule has 0 aliphatic heterocycles. The summed E-state index contributed by atoms with van der Waals surface area (Å²) in [5, 5.41) is 0. The van der Waals surface area contributed by atoms with Gasteiger partial charge in [-0.15, -0.1) is 0 Å². The molecule has 0 aliphatic rings. The van der Waals surface area contributed by atoms with Crippen LogP contribution in [0.5, 0.6) is 5.75 Å². The first-order chi connectivity index (χ1) is 22.5. The second-order valence-corrected chi connectivity index (χ2v) is 10.3. The lowest BCUT2D eigenvalue weighted by atomic mass is 10.1. The minimum atomic E-state index is 0.909. The first-order valence-electron chi connectivity index (χ1n) is 16.4. The minimum absolute atomic E-state index is 0.909. The first kappa shape index (κ1) is 39.1. The van der Waals surface area contributed by atoms with Crippen molar-refractivity contribution in [1.82, 2.24) is 0 Å². The third-order valence-corrected chi connectivity index (χ3v) is 6.17. The van der Waals surface area contributed by atoms with Crippen molar-refractivity contribution in [2.24, 2.45) is 0 Å². The van der Waals surface area contributed by atoms with E-state index < -0.39 is 0 Å². The highest BCUT2D eigenvalue weighted by Crippen LogP contribution is 2.17. The summed E-state index contributed by atoms with van der Waals surface area (Å²) in [7, 11) is 1.69. The fourth-order valence-corrected chi connectivity index (χ4v) is 3.90. The van der Waals surface area contributed by atoms with E-state index in [0.717, 1.165) is 12.2 Å². The van der Waals surface area contributed by atoms with Gasteiger partial charge in [-0.25, -0.2) is 0 Å². The van der Waals surface area contributed by atoms with Crippen LogP contribution in [0.3, 0.4) is 0 Å². The van der Waals surface area contributed by atoms with Gasteiger partial charge >= 0.3 is 0 Å². The Kier molecular flexibility index (Phi) is 22.6. The highest BCUT2D eigenvalue weighted by atomic mass is 16.5. The van der Waals surface area contributed by atoms with Gasteiger partial charge in [-0.05, 0) is 54.7 Å². The number of benzene rings is 6. The Balaban J connectivity index is 0.000000305. The fraction of sp³-hybridized carbons (Fsp3) is 0.200. The maximum atomic E-state index is 5.12. The lowest BCUT2D eigenvalue weighted by Crippen LogP contribution is -1.88. The predicted molar refractivity (Wildman–Crippen MR) is 204 cm³/mol. The van der Waals surface area contributed by atoms with Crippen LogP contribution in [0.2, 0.25) is 0 Å². The topological polar surface area (TPSA) is 9.23 Å². The summed E-state index contributed by atoms with van der Waals surface area (Å²) >= 11 is 0. The molecule has 0 heterocycles. The minimum Gasteiger partial charge on any atom is -0.497 e. The van der Waals surface area contributed by atoms with Crippen molar-refractivity contribution in [3.05, 3.63) is 198 Å². The molecule has 0 radical (unpaired) electrons. The van der Waals surface area contributed by atoms with E-state index in [4.69, 9.17) is 4.74 Å². The summed E-state index contributed by atoms with van der Waals surface area (Å²) < 4.78 is 5.12. The molecular weight excluding hydrogens is 556 g/mol. The quantitative estimate of drug-likeness (QED) is 0.193. The molecule has 0 spiro atoms. The van der Waals surface area contributed by atoms with Crippen LogP contribution in [0.1, 0.15) is 56.4 Å². The molecule has 0 saturated carbocycles. The van der Waals surface area contributed by atoms with Crippen LogP contribution in [0.15, 0.2) is 176 Å². The standard InChI is InChI=1S/C14H14O.C12H10.2C7H8.C3H8.C2H6/c1-15-14-9-7-13(8-10-14)11-12-5-3-2-4-6-12;1-3-7-11(8-4-1)12-9-5-2-6-10-12;2*1-7-5-3-2-4-6-7;1-3-2;1-2/h2-10H,11H2,1H3;1-10H;2*2-6H,1H3;3H2,1-2H3;1-2H3. The molecule has 6 aromatic rings. The maximum Gasteiger partial charge on any atom is 0.118 e. The number of ether oxygens (including phenoxy) is 1. The smallest absolute Gasteiger partial charge is 0.118 e. The fourth-order valence-electron chi connectivity index (χ4n) is 3.90. The van der Waals surface area contributed by atoms with Crippen molar-refractivity contribution < 1.29 is 4.74 Å². The average Bonchev–Trinajstić information content (AvgIpc) is 3.13. The van der Waals surface area contributed by atoms with Gasteiger partial charge in [-0.2, -0.15) is 0 Å². The Labute approximate surface area is 280 Å². The lowest BCUT2D eigenvalue weighted by Gasteiger charge is -2.03. The summed E-state index contributed by atoms with van der Waals surface area (Å²) in [5.74, 6) is 0.909. The first-order valence-corrected chi connectivity index (χ1v) is 16.4. The average molecular weight is 611 g/mol. The monoisotopic (exact) mass is 610 g/mol. The van der Waals surface area contributed by atoms with E-state index in [1.54, 1.807) is 7.11 Å². The van der Waals surface area contributed by atoms with E-state index in [9.17, 15) is 0 Å². The van der Waals surface area contributed by atoms with Gasteiger partial charge in [0.05, 0.1) is 7.11 Å². The summed E-state index contributed by atoms with van der Waals surface area (Å²) in [4.78, 5) is 0. The number of methoxy groups -OCH3 is 1. The Bertz CT molecular complexity index is 1390. The number of hydrogen-bond acceptors (Lipinski definition) is 1. The van der Waals surface area contributed by atoms with Crippen LogP contribution in [0, 0.1) is 13.8 Å². The van der Waals surface area contributed by atoms with Crippen LogP contribution >= 0.6 is 0 Å². The zero-order valence-electron chi connectivity index (χ0n) is 29.1. The Morgan fingerprint density at radius 1 is 0.391 bits per heavy atom. The van der Waals surface area contributed by atoms with Crippen molar-refractivity contribution in [3.63, 3.8) is 0 Å². The maximum absolute atomic E-state index is 5.12. The third-order valence-electron chi connectivity index (χ3n) is 6.17. The van der Waals surface area contributed by atoms with Crippen LogP contribution in [-0.4, -0.2) is 7.11 Å². The number of aryl methyl sites for hydroxylation is 2. The molecule has 0 aliphatic carbocycles. The highest BCUT2D eigenvalue weighted by molar-refractivity contribution is 5.62. The summed E-state index contributed by atoms with van der Waals surface area (Å²) in [6.45, 7) is 12.4. The van der Waals surface area contributed by atoms with E-state index >= 15 is 0 Å². The lowest BCUT2D eigenvalue weighted by molar-refractivity contribution is 0.414. The molecule has 46 heavy (non-hydrogen) atoms. The number of hydrogen-bond donors (Lipinski definition) is 0. The summed E-state index contributed by atoms with van der Waals surface area (Å²) in [6.07, 6.45) is 2.23. The predicted octanol–water partition coefficient (Wildman–Crippen LogP) is 13.1. The molecule has 0 unspecified atom stereocenters. The van der Waals surface area contributed by atoms with E-state index in [1.807, 2.05) is 80.6 Å². The van der Waals surface area contributed by atoms with Crippen molar-refractivity contribution in [2.45, 2.75) is 54.4 Å². The molecule has 6 aromatic carbocycles. The van der Waals surface area contributed by atoms with Crippen LogP contribution < -0.4 is 4.74 Å². The molecule has 0 amide bonds. The van der Waals surface area contributed by atoms with Crippen molar-refractivity contribution in [3.8, 4) is 16.9 Å². The van der Waals surface area contributed by atoms with Gasteiger partial charge in [0.2, 0.25) is 0 Å². The zero-order chi connectivity index (χ0) is 33.7. The summed E-state index contributed by atoms with van der Waals surface area (Å²) in [6, 6.07) is 60.0. The Morgan fingerprint density at radius 2 is 0.674 bits per heavy atom. The Morgan fingerprint density at radius 3 is 0.957 bits per heavy atom. The van der Waals surface area contributed by atoms with Gasteiger partial charge in [0.1, 0.15) is 5.75 Å². The molecule has 0 saturated heterocycles.